The molecule has 0 spiro atoms. The van der Waals surface area contributed by atoms with Gasteiger partial charge in [-0.25, -0.2) is 4.39 Å². The van der Waals surface area contributed by atoms with Crippen molar-refractivity contribution in [2.24, 2.45) is 0 Å². The Morgan fingerprint density at radius 2 is 1.74 bits per heavy atom. The third kappa shape index (κ3) is 9.25. The van der Waals surface area contributed by atoms with Crippen LogP contribution in [-0.4, -0.2) is 18.3 Å². The summed E-state index contributed by atoms with van der Waals surface area (Å²) in [6.07, 6.45) is 10.3. The predicted octanol–water partition coefficient (Wildman–Crippen LogP) is 5.08. The van der Waals surface area contributed by atoms with E-state index in [1.165, 1.54) is 44.6 Å². The SMILES string of the molecule is CCCCCCCCCCOc1ccc(C#CCCO)cc1F. The lowest BCUT2D eigenvalue weighted by Crippen LogP contribution is -1.99. The van der Waals surface area contributed by atoms with Gasteiger partial charge in [-0.2, -0.15) is 0 Å². The highest BCUT2D eigenvalue weighted by molar-refractivity contribution is 5.39. The highest BCUT2D eigenvalue weighted by atomic mass is 19.1. The number of halogens is 1. The highest BCUT2D eigenvalue weighted by Crippen LogP contribution is 2.18. The van der Waals surface area contributed by atoms with Gasteiger partial charge in [0.1, 0.15) is 0 Å². The van der Waals surface area contributed by atoms with Crippen LogP contribution in [0.2, 0.25) is 0 Å². The first-order valence-corrected chi connectivity index (χ1v) is 8.80. The number of hydrogen-bond acceptors (Lipinski definition) is 2. The lowest BCUT2D eigenvalue weighted by molar-refractivity contribution is 0.290. The van der Waals surface area contributed by atoms with Gasteiger partial charge in [0.25, 0.3) is 0 Å². The molecular weight excluding hydrogens is 291 g/mol. The smallest absolute Gasteiger partial charge is 0.166 e. The van der Waals surface area contributed by atoms with Crippen molar-refractivity contribution in [3.63, 3.8) is 0 Å². The fourth-order valence-electron chi connectivity index (χ4n) is 2.33. The maximum atomic E-state index is 13.9. The van der Waals surface area contributed by atoms with E-state index in [1.807, 2.05) is 0 Å². The van der Waals surface area contributed by atoms with Crippen molar-refractivity contribution in [2.75, 3.05) is 13.2 Å². The summed E-state index contributed by atoms with van der Waals surface area (Å²) in [6.45, 7) is 2.81. The second-order valence-corrected chi connectivity index (χ2v) is 5.74. The molecule has 0 heterocycles. The van der Waals surface area contributed by atoms with E-state index in [2.05, 4.69) is 18.8 Å². The molecule has 0 unspecified atom stereocenters. The quantitative estimate of drug-likeness (QED) is 0.455. The van der Waals surface area contributed by atoms with Crippen molar-refractivity contribution in [3.8, 4) is 17.6 Å². The second kappa shape index (κ2) is 13.0. The first-order chi connectivity index (χ1) is 11.3. The molecule has 1 rings (SSSR count). The van der Waals surface area contributed by atoms with Crippen LogP contribution in [0.25, 0.3) is 0 Å². The van der Waals surface area contributed by atoms with Gasteiger partial charge in [0.2, 0.25) is 0 Å². The lowest BCUT2D eigenvalue weighted by atomic mass is 10.1. The number of ether oxygens (including phenoxy) is 1. The number of rotatable bonds is 11. The van der Waals surface area contributed by atoms with E-state index in [9.17, 15) is 4.39 Å². The zero-order chi connectivity index (χ0) is 16.8. The number of hydrogen-bond donors (Lipinski definition) is 1. The minimum absolute atomic E-state index is 0.0231. The number of benzene rings is 1. The molecule has 0 saturated heterocycles. The molecule has 0 fully saturated rings. The molecule has 0 aliphatic carbocycles. The molecular formula is C20H29FO2. The van der Waals surface area contributed by atoms with Crippen LogP contribution in [0.3, 0.4) is 0 Å². The third-order valence-corrected chi connectivity index (χ3v) is 3.66. The zero-order valence-electron chi connectivity index (χ0n) is 14.2. The van der Waals surface area contributed by atoms with Crippen LogP contribution in [0.5, 0.6) is 5.75 Å². The summed E-state index contributed by atoms with van der Waals surface area (Å²) in [4.78, 5) is 0. The van der Waals surface area contributed by atoms with E-state index in [4.69, 9.17) is 9.84 Å². The Bertz CT molecular complexity index is 488. The minimum Gasteiger partial charge on any atom is -0.491 e. The van der Waals surface area contributed by atoms with Crippen molar-refractivity contribution in [1.29, 1.82) is 0 Å². The molecule has 0 radical (unpaired) electrons. The van der Waals surface area contributed by atoms with E-state index in [-0.39, 0.29) is 12.4 Å². The average molecular weight is 320 g/mol. The van der Waals surface area contributed by atoms with Crippen LogP contribution in [0, 0.1) is 17.7 Å². The van der Waals surface area contributed by atoms with E-state index >= 15 is 0 Å². The molecule has 0 saturated carbocycles. The van der Waals surface area contributed by atoms with Crippen LogP contribution in [0.4, 0.5) is 4.39 Å². The van der Waals surface area contributed by atoms with Crippen molar-refractivity contribution in [2.45, 2.75) is 64.7 Å². The summed E-state index contributed by atoms with van der Waals surface area (Å²) in [6, 6.07) is 4.76. The standard InChI is InChI=1S/C20H29FO2/c1-2-3-4-5-6-7-8-11-16-23-20-14-13-18(17-19(20)21)12-9-10-15-22/h13-14,17,22H,2-8,10-11,15-16H2,1H3. The van der Waals surface area contributed by atoms with Gasteiger partial charge in [-0.3, -0.25) is 0 Å². The topological polar surface area (TPSA) is 29.5 Å². The van der Waals surface area contributed by atoms with Crippen molar-refractivity contribution in [3.05, 3.63) is 29.6 Å². The molecule has 1 aromatic rings. The molecule has 0 aromatic heterocycles. The first kappa shape index (κ1) is 19.5. The monoisotopic (exact) mass is 320 g/mol. The maximum absolute atomic E-state index is 13.9. The molecule has 0 atom stereocenters. The van der Waals surface area contributed by atoms with Crippen LogP contribution < -0.4 is 4.74 Å². The molecule has 2 nitrogen and oxygen atoms in total. The highest BCUT2D eigenvalue weighted by Gasteiger charge is 2.03. The Morgan fingerprint density at radius 1 is 1.04 bits per heavy atom. The molecule has 0 aliphatic heterocycles. The minimum atomic E-state index is -0.375. The molecule has 1 N–H and O–H groups in total. The molecule has 128 valence electrons. The normalized spacial score (nSPS) is 10.2. The van der Waals surface area contributed by atoms with Gasteiger partial charge in [-0.15, -0.1) is 0 Å². The Labute approximate surface area is 140 Å². The molecule has 3 heteroatoms. The van der Waals surface area contributed by atoms with Gasteiger partial charge in [-0.05, 0) is 24.6 Å². The van der Waals surface area contributed by atoms with Crippen LogP contribution in [0.15, 0.2) is 18.2 Å². The third-order valence-electron chi connectivity index (χ3n) is 3.66. The Hall–Kier alpha value is -1.53. The van der Waals surface area contributed by atoms with Crippen LogP contribution >= 0.6 is 0 Å². The largest absolute Gasteiger partial charge is 0.491 e. The Kier molecular flexibility index (Phi) is 11.0. The summed E-state index contributed by atoms with van der Waals surface area (Å²) >= 11 is 0. The summed E-state index contributed by atoms with van der Waals surface area (Å²) in [7, 11) is 0. The fourth-order valence-corrected chi connectivity index (χ4v) is 2.33. The number of aliphatic hydroxyl groups excluding tert-OH is 1. The van der Waals surface area contributed by atoms with Crippen molar-refractivity contribution in [1.82, 2.24) is 0 Å². The Balaban J connectivity index is 2.19. The van der Waals surface area contributed by atoms with Gasteiger partial charge in [0.05, 0.1) is 13.2 Å². The Morgan fingerprint density at radius 3 is 2.39 bits per heavy atom. The second-order valence-electron chi connectivity index (χ2n) is 5.74. The lowest BCUT2D eigenvalue weighted by Gasteiger charge is -2.07. The van der Waals surface area contributed by atoms with Crippen molar-refractivity contribution >= 4 is 0 Å². The van der Waals surface area contributed by atoms with Gasteiger partial charge >= 0.3 is 0 Å². The summed E-state index contributed by atoms with van der Waals surface area (Å²) in [5, 5.41) is 8.66. The van der Waals surface area contributed by atoms with Crippen molar-refractivity contribution < 1.29 is 14.2 Å². The predicted molar refractivity (Wildman–Crippen MR) is 93.1 cm³/mol. The van der Waals surface area contributed by atoms with Crippen LogP contribution in [0.1, 0.15) is 70.3 Å². The zero-order valence-corrected chi connectivity index (χ0v) is 14.2. The van der Waals surface area contributed by atoms with Gasteiger partial charge in [0, 0.05) is 12.0 Å². The molecule has 0 bridgehead atoms. The summed E-state index contributed by atoms with van der Waals surface area (Å²) in [5.74, 6) is 5.51. The molecule has 23 heavy (non-hydrogen) atoms. The van der Waals surface area contributed by atoms with E-state index in [1.54, 1.807) is 12.1 Å². The fraction of sp³-hybridized carbons (Fsp3) is 0.600. The summed E-state index contributed by atoms with van der Waals surface area (Å²) in [5.41, 5.74) is 0.607. The van der Waals surface area contributed by atoms with Gasteiger partial charge in [0.15, 0.2) is 11.6 Å². The first-order valence-electron chi connectivity index (χ1n) is 8.80. The molecule has 1 aromatic carbocycles. The van der Waals surface area contributed by atoms with E-state index < -0.39 is 0 Å². The van der Waals surface area contributed by atoms with Gasteiger partial charge in [-0.1, -0.05) is 63.7 Å². The molecule has 0 amide bonds. The number of aliphatic hydroxyl groups is 1. The summed E-state index contributed by atoms with van der Waals surface area (Å²) < 4.78 is 19.4. The van der Waals surface area contributed by atoms with E-state index in [0.29, 0.717) is 24.3 Å². The maximum Gasteiger partial charge on any atom is 0.166 e. The molecule has 0 aliphatic rings. The van der Waals surface area contributed by atoms with Crippen LogP contribution in [-0.2, 0) is 0 Å². The van der Waals surface area contributed by atoms with Gasteiger partial charge < -0.3 is 9.84 Å². The average Bonchev–Trinajstić information content (AvgIpc) is 2.55. The number of unbranched alkanes of at least 4 members (excludes halogenated alkanes) is 7. The van der Waals surface area contributed by atoms with E-state index in [0.717, 1.165) is 12.8 Å².